The van der Waals surface area contributed by atoms with Gasteiger partial charge in [0.1, 0.15) is 17.7 Å². The maximum absolute atomic E-state index is 13.1. The zero-order valence-corrected chi connectivity index (χ0v) is 22.6. The molecule has 204 valence electrons. The second-order valence-electron chi connectivity index (χ2n) is 8.05. The second-order valence-corrected chi connectivity index (χ2v) is 8.83. The van der Waals surface area contributed by atoms with Gasteiger partial charge in [-0.2, -0.15) is 0 Å². The number of unbranched alkanes of at least 4 members (excludes halogenated alkanes) is 1. The molecule has 9 nitrogen and oxygen atoms in total. The van der Waals surface area contributed by atoms with Gasteiger partial charge in [0.15, 0.2) is 11.5 Å². The Labute approximate surface area is 227 Å². The predicted octanol–water partition coefficient (Wildman–Crippen LogP) is 3.62. The number of carbonyl (C=O) groups is 2. The molecule has 0 bridgehead atoms. The zero-order valence-electron chi connectivity index (χ0n) is 21.1. The van der Waals surface area contributed by atoms with E-state index in [2.05, 4.69) is 10.6 Å². The smallest absolute Gasteiger partial charge is 0.329 e. The topological polar surface area (TPSA) is 115 Å². The number of phenols is 1. The van der Waals surface area contributed by atoms with E-state index in [4.69, 9.17) is 42.1 Å². The van der Waals surface area contributed by atoms with Gasteiger partial charge in [-0.25, -0.2) is 4.79 Å². The van der Waals surface area contributed by atoms with Crippen LogP contribution < -0.4 is 15.4 Å². The number of hydrogen-bond donors (Lipinski definition) is 3. The third-order valence-corrected chi connectivity index (χ3v) is 5.87. The van der Waals surface area contributed by atoms with E-state index in [1.807, 2.05) is 37.4 Å². The Morgan fingerprint density at radius 3 is 2.46 bits per heavy atom. The summed E-state index contributed by atoms with van der Waals surface area (Å²) >= 11 is 12.6. The lowest BCUT2D eigenvalue weighted by atomic mass is 10.1. The molecule has 11 heteroatoms. The Balaban J connectivity index is 2.11. The van der Waals surface area contributed by atoms with Crippen molar-refractivity contribution < 1.29 is 33.6 Å². The number of benzene rings is 2. The molecular weight excluding hydrogens is 523 g/mol. The van der Waals surface area contributed by atoms with Crippen LogP contribution in [0.5, 0.6) is 11.5 Å². The average molecular weight is 557 g/mol. The highest BCUT2D eigenvalue weighted by atomic mass is 35.5. The summed E-state index contributed by atoms with van der Waals surface area (Å²) in [4.78, 5) is 25.9. The number of phenolic OH excluding ortho intramolecular Hbond substituents is 1. The van der Waals surface area contributed by atoms with E-state index < -0.39 is 23.7 Å². The Bertz CT molecular complexity index is 993. The van der Waals surface area contributed by atoms with Gasteiger partial charge >= 0.3 is 5.97 Å². The molecule has 0 heterocycles. The van der Waals surface area contributed by atoms with Gasteiger partial charge in [0.2, 0.25) is 0 Å². The standard InChI is InChI=1S/C26H34Cl2N2O7/c1-29-10-6-7-11-36-24-20(27)17-19(23(31)22(24)28)25(32)30-21(16-18-8-4-3-5-9-18)26(33)37-15-14-35-13-12-34-2/h3-5,8-9,17,21,29,31H,6-7,10-16H2,1-2H3,(H,30,32). The van der Waals surface area contributed by atoms with Crippen LogP contribution in [-0.4, -0.2) is 76.8 Å². The summed E-state index contributed by atoms with van der Waals surface area (Å²) in [6.45, 7) is 2.16. The van der Waals surface area contributed by atoms with Crippen LogP contribution in [0.4, 0.5) is 0 Å². The fourth-order valence-electron chi connectivity index (χ4n) is 3.30. The van der Waals surface area contributed by atoms with Crippen molar-refractivity contribution in [3.05, 3.63) is 57.6 Å². The predicted molar refractivity (Wildman–Crippen MR) is 142 cm³/mol. The molecule has 2 aromatic rings. The minimum absolute atomic E-state index is 0.00691. The number of carbonyl (C=O) groups excluding carboxylic acids is 2. The number of hydrogen-bond acceptors (Lipinski definition) is 8. The number of ether oxygens (including phenoxy) is 4. The van der Waals surface area contributed by atoms with Crippen LogP contribution in [-0.2, 0) is 25.4 Å². The third kappa shape index (κ3) is 10.4. The van der Waals surface area contributed by atoms with Gasteiger partial charge < -0.3 is 34.7 Å². The second kappa shape index (κ2) is 17.0. The van der Waals surface area contributed by atoms with E-state index in [0.717, 1.165) is 24.9 Å². The molecule has 0 aliphatic heterocycles. The molecule has 2 aromatic carbocycles. The molecule has 3 N–H and O–H groups in total. The normalized spacial score (nSPS) is 11.7. The lowest BCUT2D eigenvalue weighted by Gasteiger charge is -2.19. The summed E-state index contributed by atoms with van der Waals surface area (Å²) in [5.74, 6) is -1.79. The Hall–Kier alpha value is -2.56. The number of aromatic hydroxyl groups is 1. The molecule has 0 spiro atoms. The van der Waals surface area contributed by atoms with E-state index in [9.17, 15) is 14.7 Å². The van der Waals surface area contributed by atoms with Gasteiger partial charge in [0.25, 0.3) is 5.91 Å². The van der Waals surface area contributed by atoms with Crippen molar-refractivity contribution in [2.45, 2.75) is 25.3 Å². The van der Waals surface area contributed by atoms with E-state index >= 15 is 0 Å². The minimum atomic E-state index is -1.03. The van der Waals surface area contributed by atoms with Crippen LogP contribution in [0.2, 0.25) is 10.0 Å². The van der Waals surface area contributed by atoms with Gasteiger partial charge in [0, 0.05) is 13.5 Å². The summed E-state index contributed by atoms with van der Waals surface area (Å²) in [5.41, 5.74) is 0.620. The van der Waals surface area contributed by atoms with Crippen LogP contribution in [0.15, 0.2) is 36.4 Å². The SMILES string of the molecule is CNCCCCOc1c(Cl)cc(C(=O)NC(Cc2ccccc2)C(=O)OCCOCCOC)c(O)c1Cl. The lowest BCUT2D eigenvalue weighted by Crippen LogP contribution is -2.43. The molecule has 0 aliphatic rings. The molecule has 1 amide bonds. The summed E-state index contributed by atoms with van der Waals surface area (Å²) in [6, 6.07) is 9.38. The highest BCUT2D eigenvalue weighted by Crippen LogP contribution is 2.42. The Kier molecular flexibility index (Phi) is 14.1. The van der Waals surface area contributed by atoms with Crippen molar-refractivity contribution >= 4 is 35.1 Å². The molecule has 0 saturated heterocycles. The first-order chi connectivity index (χ1) is 17.9. The highest BCUT2D eigenvalue weighted by Gasteiger charge is 2.27. The summed E-state index contributed by atoms with van der Waals surface area (Å²) in [6.07, 6.45) is 1.81. The fraction of sp³-hybridized carbons (Fsp3) is 0.462. The largest absolute Gasteiger partial charge is 0.505 e. The van der Waals surface area contributed by atoms with Gasteiger partial charge in [0.05, 0.1) is 37.0 Å². The first-order valence-electron chi connectivity index (χ1n) is 12.0. The Morgan fingerprint density at radius 1 is 1.03 bits per heavy atom. The number of methoxy groups -OCH3 is 1. The highest BCUT2D eigenvalue weighted by molar-refractivity contribution is 6.39. The van der Waals surface area contributed by atoms with E-state index in [0.29, 0.717) is 19.8 Å². The maximum Gasteiger partial charge on any atom is 0.329 e. The first-order valence-corrected chi connectivity index (χ1v) is 12.7. The van der Waals surface area contributed by atoms with Gasteiger partial charge in [-0.15, -0.1) is 0 Å². The van der Waals surface area contributed by atoms with Gasteiger partial charge in [-0.05, 0) is 38.1 Å². The summed E-state index contributed by atoms with van der Waals surface area (Å²) in [7, 11) is 3.42. The Morgan fingerprint density at radius 2 is 1.76 bits per heavy atom. The van der Waals surface area contributed by atoms with Crippen molar-refractivity contribution in [1.29, 1.82) is 0 Å². The van der Waals surface area contributed by atoms with Crippen molar-refractivity contribution in [3.8, 4) is 11.5 Å². The number of halogens is 2. The molecule has 0 aromatic heterocycles. The first kappa shape index (κ1) is 30.7. The van der Waals surface area contributed by atoms with Crippen LogP contribution >= 0.6 is 23.2 Å². The fourth-order valence-corrected chi connectivity index (χ4v) is 3.86. The van der Waals surface area contributed by atoms with Crippen LogP contribution in [0.3, 0.4) is 0 Å². The van der Waals surface area contributed by atoms with Crippen molar-refractivity contribution in [2.24, 2.45) is 0 Å². The molecule has 0 saturated carbocycles. The van der Waals surface area contributed by atoms with Crippen LogP contribution in [0.25, 0.3) is 0 Å². The molecule has 2 rings (SSSR count). The lowest BCUT2D eigenvalue weighted by molar-refractivity contribution is -0.147. The van der Waals surface area contributed by atoms with Gasteiger partial charge in [-0.1, -0.05) is 53.5 Å². The molecule has 0 aliphatic carbocycles. The van der Waals surface area contributed by atoms with Crippen LogP contribution in [0, 0.1) is 0 Å². The quantitative estimate of drug-likeness (QED) is 0.200. The minimum Gasteiger partial charge on any atom is -0.505 e. The molecule has 0 fully saturated rings. The molecule has 37 heavy (non-hydrogen) atoms. The van der Waals surface area contributed by atoms with Crippen molar-refractivity contribution in [3.63, 3.8) is 0 Å². The molecule has 1 atom stereocenters. The number of esters is 1. The number of amides is 1. The maximum atomic E-state index is 13.1. The molecule has 1 unspecified atom stereocenters. The summed E-state index contributed by atoms with van der Waals surface area (Å²) in [5, 5.41) is 16.2. The number of nitrogens with one attached hydrogen (secondary N) is 2. The monoisotopic (exact) mass is 556 g/mol. The van der Waals surface area contributed by atoms with E-state index in [-0.39, 0.29) is 41.0 Å². The third-order valence-electron chi connectivity index (χ3n) is 5.24. The van der Waals surface area contributed by atoms with Gasteiger partial charge in [-0.3, -0.25) is 4.79 Å². The molecular formula is C26H34Cl2N2O7. The average Bonchev–Trinajstić information content (AvgIpc) is 2.89. The van der Waals surface area contributed by atoms with E-state index in [1.165, 1.54) is 6.07 Å². The summed E-state index contributed by atoms with van der Waals surface area (Å²) < 4.78 is 21.1. The van der Waals surface area contributed by atoms with E-state index in [1.54, 1.807) is 7.11 Å². The number of rotatable bonds is 17. The van der Waals surface area contributed by atoms with Crippen molar-refractivity contribution in [2.75, 3.05) is 53.7 Å². The zero-order chi connectivity index (χ0) is 27.0. The van der Waals surface area contributed by atoms with Crippen LogP contribution in [0.1, 0.15) is 28.8 Å². The molecule has 0 radical (unpaired) electrons. The van der Waals surface area contributed by atoms with Crippen molar-refractivity contribution in [1.82, 2.24) is 10.6 Å².